The number of carbonyl (C=O) groups excluding carboxylic acids is 1. The second-order valence-corrected chi connectivity index (χ2v) is 6.55. The predicted molar refractivity (Wildman–Crippen MR) is 99.1 cm³/mol. The summed E-state index contributed by atoms with van der Waals surface area (Å²) in [7, 11) is 0. The fourth-order valence-corrected chi connectivity index (χ4v) is 2.86. The van der Waals surface area contributed by atoms with Crippen LogP contribution in [-0.2, 0) is 6.61 Å². The van der Waals surface area contributed by atoms with Crippen molar-refractivity contribution in [2.75, 3.05) is 5.32 Å². The second-order valence-electron chi connectivity index (χ2n) is 5.50. The van der Waals surface area contributed by atoms with Crippen molar-refractivity contribution in [2.45, 2.75) is 17.1 Å². The van der Waals surface area contributed by atoms with Crippen LogP contribution in [0.5, 0.6) is 5.75 Å². The number of aromatic nitrogens is 2. The normalized spacial score (nSPS) is 11.1. The highest BCUT2D eigenvalue weighted by Crippen LogP contribution is 2.37. The lowest BCUT2D eigenvalue weighted by Crippen LogP contribution is -2.15. The average molecular weight is 405 g/mol. The number of nitrogens with one attached hydrogen (secondary N) is 1. The van der Waals surface area contributed by atoms with Gasteiger partial charge in [-0.25, -0.2) is 4.98 Å². The Bertz CT molecular complexity index is 952. The minimum atomic E-state index is -4.54. The van der Waals surface area contributed by atoms with Crippen molar-refractivity contribution in [1.82, 2.24) is 9.97 Å². The minimum absolute atomic E-state index is 0.162. The summed E-state index contributed by atoms with van der Waals surface area (Å²) in [6, 6.07) is 14.7. The van der Waals surface area contributed by atoms with Gasteiger partial charge in [-0.15, -0.1) is 0 Å². The van der Waals surface area contributed by atoms with Crippen LogP contribution < -0.4 is 10.1 Å². The molecule has 0 saturated carbocycles. The Labute approximate surface area is 163 Å². The molecule has 0 aliphatic heterocycles. The number of rotatable bonds is 6. The molecule has 2 aromatic heterocycles. The highest BCUT2D eigenvalue weighted by atomic mass is 32.2. The van der Waals surface area contributed by atoms with Gasteiger partial charge in [0, 0.05) is 35.9 Å². The first-order chi connectivity index (χ1) is 13.4. The van der Waals surface area contributed by atoms with Crippen LogP contribution in [0.2, 0.25) is 0 Å². The SMILES string of the molecule is O=C(Nc1cccc(OCc2ccccn2)c1)c1cccnc1SC(F)(F)F. The van der Waals surface area contributed by atoms with Crippen molar-refractivity contribution in [2.24, 2.45) is 0 Å². The van der Waals surface area contributed by atoms with Crippen LogP contribution in [0.25, 0.3) is 0 Å². The number of nitrogens with zero attached hydrogens (tertiary/aromatic N) is 2. The molecule has 0 radical (unpaired) electrons. The van der Waals surface area contributed by atoms with E-state index in [9.17, 15) is 18.0 Å². The van der Waals surface area contributed by atoms with Gasteiger partial charge in [0.05, 0.1) is 11.3 Å². The Morgan fingerprint density at radius 1 is 1.04 bits per heavy atom. The lowest BCUT2D eigenvalue weighted by molar-refractivity contribution is -0.0329. The van der Waals surface area contributed by atoms with Gasteiger partial charge in [-0.3, -0.25) is 9.78 Å². The van der Waals surface area contributed by atoms with Crippen LogP contribution in [0.3, 0.4) is 0 Å². The number of ether oxygens (including phenoxy) is 1. The molecule has 3 aromatic rings. The number of amides is 1. The Kier molecular flexibility index (Phi) is 6.15. The number of thioether (sulfide) groups is 1. The minimum Gasteiger partial charge on any atom is -0.487 e. The Morgan fingerprint density at radius 3 is 2.61 bits per heavy atom. The molecule has 9 heteroatoms. The zero-order valence-corrected chi connectivity index (χ0v) is 15.1. The smallest absolute Gasteiger partial charge is 0.447 e. The van der Waals surface area contributed by atoms with E-state index in [0.29, 0.717) is 11.4 Å². The summed E-state index contributed by atoms with van der Waals surface area (Å²) >= 11 is -0.428. The van der Waals surface area contributed by atoms with E-state index in [1.807, 2.05) is 12.1 Å². The second kappa shape index (κ2) is 8.75. The standard InChI is InChI=1S/C19H14F3N3O2S/c20-19(21,22)28-18-16(8-4-10-24-18)17(26)25-13-6-3-7-15(11-13)27-12-14-5-1-2-9-23-14/h1-11H,12H2,(H,25,26). The summed E-state index contributed by atoms with van der Waals surface area (Å²) in [6.07, 6.45) is 2.86. The number of benzene rings is 1. The first-order valence-corrected chi connectivity index (χ1v) is 8.87. The van der Waals surface area contributed by atoms with E-state index in [0.717, 1.165) is 5.69 Å². The summed E-state index contributed by atoms with van der Waals surface area (Å²) in [5.41, 5.74) is -3.58. The molecular weight excluding hydrogens is 391 g/mol. The number of pyridine rings is 2. The average Bonchev–Trinajstić information content (AvgIpc) is 2.67. The molecule has 0 spiro atoms. The monoisotopic (exact) mass is 405 g/mol. The third kappa shape index (κ3) is 5.71. The maximum Gasteiger partial charge on any atom is 0.447 e. The summed E-state index contributed by atoms with van der Waals surface area (Å²) in [5, 5.41) is 2.16. The number of hydrogen-bond acceptors (Lipinski definition) is 5. The van der Waals surface area contributed by atoms with Crippen molar-refractivity contribution in [3.05, 3.63) is 78.2 Å². The van der Waals surface area contributed by atoms with E-state index in [-0.39, 0.29) is 12.2 Å². The summed E-state index contributed by atoms with van der Waals surface area (Å²) in [4.78, 5) is 20.2. The summed E-state index contributed by atoms with van der Waals surface area (Å²) in [6.45, 7) is 0.243. The largest absolute Gasteiger partial charge is 0.487 e. The highest BCUT2D eigenvalue weighted by Gasteiger charge is 2.32. The van der Waals surface area contributed by atoms with Gasteiger partial charge in [0.2, 0.25) is 0 Å². The van der Waals surface area contributed by atoms with Crippen molar-refractivity contribution in [1.29, 1.82) is 0 Å². The molecule has 0 fully saturated rings. The summed E-state index contributed by atoms with van der Waals surface area (Å²) in [5.74, 6) is -0.207. The van der Waals surface area contributed by atoms with Gasteiger partial charge in [0.25, 0.3) is 5.91 Å². The number of alkyl halides is 3. The van der Waals surface area contributed by atoms with Crippen LogP contribution in [0.1, 0.15) is 16.1 Å². The molecule has 0 bridgehead atoms. The van der Waals surface area contributed by atoms with Crippen molar-refractivity contribution in [3.8, 4) is 5.75 Å². The first-order valence-electron chi connectivity index (χ1n) is 8.05. The third-order valence-corrected chi connectivity index (χ3v) is 4.18. The molecule has 2 heterocycles. The summed E-state index contributed by atoms with van der Waals surface area (Å²) < 4.78 is 43.6. The fourth-order valence-electron chi connectivity index (χ4n) is 2.26. The van der Waals surface area contributed by atoms with Gasteiger partial charge < -0.3 is 10.1 Å². The maximum atomic E-state index is 12.7. The van der Waals surface area contributed by atoms with E-state index < -0.39 is 28.2 Å². The van der Waals surface area contributed by atoms with Crippen LogP contribution in [0.15, 0.2) is 72.0 Å². The molecule has 1 aromatic carbocycles. The number of anilines is 1. The van der Waals surface area contributed by atoms with Gasteiger partial charge in [-0.2, -0.15) is 13.2 Å². The molecule has 3 rings (SSSR count). The van der Waals surface area contributed by atoms with Crippen molar-refractivity contribution >= 4 is 23.4 Å². The lowest BCUT2D eigenvalue weighted by atomic mass is 10.2. The Hall–Kier alpha value is -3.07. The highest BCUT2D eigenvalue weighted by molar-refractivity contribution is 8.00. The number of hydrogen-bond donors (Lipinski definition) is 1. The molecule has 28 heavy (non-hydrogen) atoms. The Balaban J connectivity index is 1.70. The maximum absolute atomic E-state index is 12.7. The molecular formula is C19H14F3N3O2S. The fraction of sp³-hybridized carbons (Fsp3) is 0.105. The molecule has 0 aliphatic carbocycles. The van der Waals surface area contributed by atoms with Crippen LogP contribution in [0, 0.1) is 0 Å². The molecule has 0 saturated heterocycles. The van der Waals surface area contributed by atoms with Gasteiger partial charge in [0.1, 0.15) is 17.4 Å². The Morgan fingerprint density at radius 2 is 1.86 bits per heavy atom. The van der Waals surface area contributed by atoms with E-state index in [2.05, 4.69) is 15.3 Å². The van der Waals surface area contributed by atoms with E-state index in [4.69, 9.17) is 4.74 Å². The van der Waals surface area contributed by atoms with Gasteiger partial charge >= 0.3 is 5.51 Å². The topological polar surface area (TPSA) is 64.1 Å². The van der Waals surface area contributed by atoms with E-state index >= 15 is 0 Å². The first kappa shape index (κ1) is 19.7. The molecule has 0 atom stereocenters. The number of halogens is 3. The molecule has 144 valence electrons. The third-order valence-electron chi connectivity index (χ3n) is 3.43. The molecule has 5 nitrogen and oxygen atoms in total. The van der Waals surface area contributed by atoms with Crippen LogP contribution >= 0.6 is 11.8 Å². The van der Waals surface area contributed by atoms with E-state index in [1.165, 1.54) is 18.3 Å². The zero-order chi connectivity index (χ0) is 20.0. The molecule has 1 N–H and O–H groups in total. The van der Waals surface area contributed by atoms with E-state index in [1.54, 1.807) is 36.5 Å². The molecule has 0 unspecified atom stereocenters. The number of carbonyl (C=O) groups is 1. The zero-order valence-electron chi connectivity index (χ0n) is 14.3. The van der Waals surface area contributed by atoms with Crippen molar-refractivity contribution < 1.29 is 22.7 Å². The molecule has 0 aliphatic rings. The van der Waals surface area contributed by atoms with Gasteiger partial charge in [-0.1, -0.05) is 12.1 Å². The van der Waals surface area contributed by atoms with Gasteiger partial charge in [0.15, 0.2) is 0 Å². The lowest BCUT2D eigenvalue weighted by Gasteiger charge is -2.11. The van der Waals surface area contributed by atoms with Gasteiger partial charge in [-0.05, 0) is 36.4 Å². The predicted octanol–water partition coefficient (Wildman–Crippen LogP) is 4.92. The van der Waals surface area contributed by atoms with Crippen LogP contribution in [-0.4, -0.2) is 21.4 Å². The quantitative estimate of drug-likeness (QED) is 0.590. The molecule has 1 amide bonds. The van der Waals surface area contributed by atoms with Crippen molar-refractivity contribution in [3.63, 3.8) is 0 Å². The van der Waals surface area contributed by atoms with Crippen LogP contribution in [0.4, 0.5) is 18.9 Å².